The number of hydrogen-bond donors (Lipinski definition) is 0. The van der Waals surface area contributed by atoms with Crippen LogP contribution >= 0.6 is 0 Å². The fourth-order valence-electron chi connectivity index (χ4n) is 2.52. The Morgan fingerprint density at radius 3 is 2.46 bits per heavy atom. The molecule has 0 bridgehead atoms. The first-order valence-electron chi connectivity index (χ1n) is 7.65. The van der Waals surface area contributed by atoms with Gasteiger partial charge in [0.2, 0.25) is 0 Å². The molecule has 0 atom stereocenters. The summed E-state index contributed by atoms with van der Waals surface area (Å²) < 4.78 is 47.7. The van der Waals surface area contributed by atoms with Crippen LogP contribution in [0, 0.1) is 6.92 Å². The summed E-state index contributed by atoms with van der Waals surface area (Å²) >= 11 is 0. The first kappa shape index (κ1) is 17.7. The highest BCUT2D eigenvalue weighted by molar-refractivity contribution is 5.46. The molecule has 26 heavy (non-hydrogen) atoms. The van der Waals surface area contributed by atoms with E-state index in [9.17, 15) is 18.0 Å². The normalized spacial score (nSPS) is 11.6. The summed E-state index contributed by atoms with van der Waals surface area (Å²) in [6.07, 6.45) is -4.60. The number of benzene rings is 2. The van der Waals surface area contributed by atoms with Crippen LogP contribution in [-0.4, -0.2) is 19.8 Å². The van der Waals surface area contributed by atoms with Gasteiger partial charge in [-0.1, -0.05) is 18.2 Å². The molecular weight excluding hydrogens is 349 g/mol. The van der Waals surface area contributed by atoms with E-state index < -0.39 is 17.4 Å². The number of aromatic nitrogens is 4. The van der Waals surface area contributed by atoms with E-state index in [1.165, 1.54) is 19.2 Å². The van der Waals surface area contributed by atoms with Crippen molar-refractivity contribution in [1.82, 2.24) is 19.8 Å². The summed E-state index contributed by atoms with van der Waals surface area (Å²) in [5.74, 6) is 0.430. The Morgan fingerprint density at radius 1 is 1.12 bits per heavy atom. The average molecular weight is 364 g/mol. The molecular formula is C17H15F3N4O2. The summed E-state index contributed by atoms with van der Waals surface area (Å²) in [5.41, 5.74) is -0.840. The number of halogens is 3. The van der Waals surface area contributed by atoms with Gasteiger partial charge in [-0.25, -0.2) is 4.79 Å². The molecule has 0 unspecified atom stereocenters. The SMILES string of the molecule is Cc1cccc(OCc2c(-n3nnn(C)c3=O)cccc2C(F)(F)F)c1. The largest absolute Gasteiger partial charge is 0.489 e. The highest BCUT2D eigenvalue weighted by Gasteiger charge is 2.35. The van der Waals surface area contributed by atoms with Gasteiger partial charge in [0.05, 0.1) is 11.3 Å². The zero-order valence-corrected chi connectivity index (χ0v) is 14.0. The Morgan fingerprint density at radius 2 is 1.85 bits per heavy atom. The first-order valence-corrected chi connectivity index (χ1v) is 7.65. The first-order chi connectivity index (χ1) is 12.3. The van der Waals surface area contributed by atoms with Crippen LogP contribution in [0.2, 0.25) is 0 Å². The van der Waals surface area contributed by atoms with Gasteiger partial charge in [-0.3, -0.25) is 0 Å². The Hall–Kier alpha value is -3.10. The number of tetrazole rings is 1. The van der Waals surface area contributed by atoms with Crippen LogP contribution in [0.4, 0.5) is 13.2 Å². The van der Waals surface area contributed by atoms with Gasteiger partial charge in [-0.2, -0.15) is 22.5 Å². The molecule has 0 radical (unpaired) electrons. The quantitative estimate of drug-likeness (QED) is 0.714. The fraction of sp³-hybridized carbons (Fsp3) is 0.235. The third-order valence-corrected chi connectivity index (χ3v) is 3.78. The summed E-state index contributed by atoms with van der Waals surface area (Å²) in [5, 5.41) is 7.18. The van der Waals surface area contributed by atoms with Crippen molar-refractivity contribution in [2.24, 2.45) is 7.05 Å². The van der Waals surface area contributed by atoms with Crippen molar-refractivity contribution < 1.29 is 17.9 Å². The lowest BCUT2D eigenvalue weighted by molar-refractivity contribution is -0.138. The van der Waals surface area contributed by atoms with Crippen molar-refractivity contribution in [1.29, 1.82) is 0 Å². The van der Waals surface area contributed by atoms with Gasteiger partial charge in [-0.15, -0.1) is 0 Å². The van der Waals surface area contributed by atoms with Crippen molar-refractivity contribution in [3.8, 4) is 11.4 Å². The highest BCUT2D eigenvalue weighted by atomic mass is 19.4. The number of aryl methyl sites for hydroxylation is 2. The van der Waals surface area contributed by atoms with E-state index in [2.05, 4.69) is 10.4 Å². The number of ether oxygens (including phenoxy) is 1. The Labute approximate surface area is 146 Å². The molecule has 0 saturated heterocycles. The minimum atomic E-state index is -4.60. The zero-order chi connectivity index (χ0) is 18.9. The van der Waals surface area contributed by atoms with Gasteiger partial charge in [0, 0.05) is 12.6 Å². The second-order valence-electron chi connectivity index (χ2n) is 5.70. The van der Waals surface area contributed by atoms with Crippen molar-refractivity contribution >= 4 is 0 Å². The van der Waals surface area contributed by atoms with Crippen LogP contribution in [0.25, 0.3) is 5.69 Å². The fourth-order valence-corrected chi connectivity index (χ4v) is 2.52. The lowest BCUT2D eigenvalue weighted by Gasteiger charge is -2.17. The van der Waals surface area contributed by atoms with Crippen LogP contribution in [0.15, 0.2) is 47.3 Å². The second kappa shape index (κ2) is 6.66. The lowest BCUT2D eigenvalue weighted by Crippen LogP contribution is -2.24. The van der Waals surface area contributed by atoms with Crippen LogP contribution < -0.4 is 10.4 Å². The highest BCUT2D eigenvalue weighted by Crippen LogP contribution is 2.34. The third kappa shape index (κ3) is 3.46. The molecule has 1 heterocycles. The van der Waals surface area contributed by atoms with E-state index in [0.717, 1.165) is 21.0 Å². The molecule has 0 aliphatic carbocycles. The van der Waals surface area contributed by atoms with Crippen LogP contribution in [0.3, 0.4) is 0 Å². The maximum atomic E-state index is 13.5. The van der Waals surface area contributed by atoms with Gasteiger partial charge in [0.25, 0.3) is 0 Å². The third-order valence-electron chi connectivity index (χ3n) is 3.78. The zero-order valence-electron chi connectivity index (χ0n) is 14.0. The van der Waals surface area contributed by atoms with Crippen molar-refractivity contribution in [2.45, 2.75) is 19.7 Å². The minimum absolute atomic E-state index is 0.0226. The number of rotatable bonds is 4. The molecule has 0 aliphatic rings. The van der Waals surface area contributed by atoms with Crippen molar-refractivity contribution in [3.05, 3.63) is 69.6 Å². The molecule has 3 rings (SSSR count). The smallest absolute Gasteiger partial charge is 0.416 e. The number of nitrogens with zero attached hydrogens (tertiary/aromatic N) is 4. The van der Waals surface area contributed by atoms with Crippen LogP contribution in [0.5, 0.6) is 5.75 Å². The summed E-state index contributed by atoms with van der Waals surface area (Å²) in [6, 6.07) is 10.5. The van der Waals surface area contributed by atoms with E-state index in [-0.39, 0.29) is 17.9 Å². The van der Waals surface area contributed by atoms with Gasteiger partial charge >= 0.3 is 11.9 Å². The molecule has 2 aromatic carbocycles. The maximum absolute atomic E-state index is 13.5. The van der Waals surface area contributed by atoms with E-state index in [1.807, 2.05) is 13.0 Å². The molecule has 136 valence electrons. The number of alkyl halides is 3. The van der Waals surface area contributed by atoms with Crippen molar-refractivity contribution in [3.63, 3.8) is 0 Å². The van der Waals surface area contributed by atoms with Crippen molar-refractivity contribution in [2.75, 3.05) is 0 Å². The predicted octanol–water partition coefficient (Wildman–Crippen LogP) is 2.87. The standard InChI is InChI=1S/C17H15F3N4O2/c1-11-5-3-6-12(9-11)26-10-13-14(17(18,19)20)7-4-8-15(13)24-16(25)23(2)21-22-24/h3-9H,10H2,1-2H3. The number of hydrogen-bond acceptors (Lipinski definition) is 4. The molecule has 9 heteroatoms. The van der Waals surface area contributed by atoms with E-state index in [1.54, 1.807) is 18.2 Å². The minimum Gasteiger partial charge on any atom is -0.489 e. The summed E-state index contributed by atoms with van der Waals surface area (Å²) in [7, 11) is 1.36. The van der Waals surface area contributed by atoms with Crippen LogP contribution in [-0.2, 0) is 19.8 Å². The molecule has 6 nitrogen and oxygen atoms in total. The summed E-state index contributed by atoms with van der Waals surface area (Å²) in [6.45, 7) is 1.47. The Kier molecular flexibility index (Phi) is 4.54. The Bertz CT molecular complexity index is 992. The van der Waals surface area contributed by atoms with E-state index in [4.69, 9.17) is 4.74 Å². The average Bonchev–Trinajstić information content (AvgIpc) is 2.91. The van der Waals surface area contributed by atoms with Gasteiger partial charge in [0.15, 0.2) is 0 Å². The molecule has 0 amide bonds. The topological polar surface area (TPSA) is 61.9 Å². The van der Waals surface area contributed by atoms with Crippen LogP contribution in [0.1, 0.15) is 16.7 Å². The second-order valence-corrected chi connectivity index (χ2v) is 5.70. The maximum Gasteiger partial charge on any atom is 0.416 e. The Balaban J connectivity index is 2.08. The van der Waals surface area contributed by atoms with Gasteiger partial charge in [0.1, 0.15) is 12.4 Å². The van der Waals surface area contributed by atoms with E-state index in [0.29, 0.717) is 5.75 Å². The van der Waals surface area contributed by atoms with Gasteiger partial charge < -0.3 is 4.74 Å². The van der Waals surface area contributed by atoms with Gasteiger partial charge in [-0.05, 0) is 47.2 Å². The lowest BCUT2D eigenvalue weighted by atomic mass is 10.1. The monoisotopic (exact) mass is 364 g/mol. The molecule has 0 fully saturated rings. The molecule has 3 aromatic rings. The molecule has 0 spiro atoms. The molecule has 1 aromatic heterocycles. The molecule has 0 N–H and O–H groups in total. The van der Waals surface area contributed by atoms with E-state index >= 15 is 0 Å². The molecule has 0 aliphatic heterocycles. The summed E-state index contributed by atoms with van der Waals surface area (Å²) in [4.78, 5) is 12.1. The molecule has 0 saturated carbocycles. The predicted molar refractivity (Wildman–Crippen MR) is 87.1 cm³/mol.